The molecule has 150 valence electrons. The fourth-order valence-corrected chi connectivity index (χ4v) is 5.44. The second-order valence-corrected chi connectivity index (χ2v) is 10.6. The first-order chi connectivity index (χ1) is 13.4. The average molecular weight is 421 g/mol. The van der Waals surface area contributed by atoms with Gasteiger partial charge in [-0.05, 0) is 67.3 Å². The molecule has 0 spiro atoms. The monoisotopic (exact) mass is 420 g/mol. The van der Waals surface area contributed by atoms with Crippen molar-refractivity contribution in [1.82, 2.24) is 4.90 Å². The highest BCUT2D eigenvalue weighted by Gasteiger charge is 2.36. The van der Waals surface area contributed by atoms with Gasteiger partial charge in [-0.15, -0.1) is 11.3 Å². The number of amides is 1. The molecule has 8 heteroatoms. The summed E-state index contributed by atoms with van der Waals surface area (Å²) in [4.78, 5) is 14.5. The minimum absolute atomic E-state index is 0.0197. The van der Waals surface area contributed by atoms with E-state index in [4.69, 9.17) is 4.74 Å². The molecule has 0 radical (unpaired) electrons. The van der Waals surface area contributed by atoms with Crippen LogP contribution in [-0.4, -0.2) is 45.5 Å². The topological polar surface area (TPSA) is 66.9 Å². The van der Waals surface area contributed by atoms with E-state index in [1.165, 1.54) is 35.5 Å². The van der Waals surface area contributed by atoms with Gasteiger partial charge in [0.25, 0.3) is 15.9 Å². The first-order valence-electron chi connectivity index (χ1n) is 9.50. The number of benzene rings is 1. The van der Waals surface area contributed by atoms with Crippen LogP contribution in [-0.2, 0) is 14.8 Å². The molecule has 28 heavy (non-hydrogen) atoms. The van der Waals surface area contributed by atoms with Crippen molar-refractivity contribution in [2.24, 2.45) is 5.92 Å². The third-order valence-electron chi connectivity index (χ3n) is 5.13. The zero-order valence-corrected chi connectivity index (χ0v) is 17.4. The number of sulfonamides is 1. The second kappa shape index (κ2) is 7.75. The second-order valence-electron chi connectivity index (χ2n) is 7.41. The molecule has 0 atom stereocenters. The number of rotatable bonds is 9. The van der Waals surface area contributed by atoms with Crippen LogP contribution in [0, 0.1) is 5.92 Å². The number of ether oxygens (including phenoxy) is 1. The molecule has 0 N–H and O–H groups in total. The van der Waals surface area contributed by atoms with Crippen LogP contribution < -0.4 is 9.04 Å². The Balaban J connectivity index is 1.36. The molecule has 1 aromatic heterocycles. The van der Waals surface area contributed by atoms with E-state index in [0.29, 0.717) is 27.6 Å². The van der Waals surface area contributed by atoms with Gasteiger partial charge in [-0.3, -0.25) is 9.10 Å². The van der Waals surface area contributed by atoms with Crippen LogP contribution in [0.15, 0.2) is 46.0 Å². The van der Waals surface area contributed by atoms with Crippen molar-refractivity contribution < 1.29 is 17.9 Å². The highest BCUT2D eigenvalue weighted by atomic mass is 32.2. The van der Waals surface area contributed by atoms with Crippen LogP contribution in [0.5, 0.6) is 5.75 Å². The highest BCUT2D eigenvalue weighted by Crippen LogP contribution is 2.35. The third kappa shape index (κ3) is 4.33. The number of nitrogens with zero attached hydrogens (tertiary/aromatic N) is 2. The molecular weight excluding hydrogens is 396 g/mol. The molecule has 1 amide bonds. The van der Waals surface area contributed by atoms with Crippen molar-refractivity contribution in [1.29, 1.82) is 0 Å². The maximum absolute atomic E-state index is 12.6. The van der Waals surface area contributed by atoms with Gasteiger partial charge in [-0.2, -0.15) is 0 Å². The van der Waals surface area contributed by atoms with E-state index < -0.39 is 10.0 Å². The largest absolute Gasteiger partial charge is 0.484 e. The van der Waals surface area contributed by atoms with E-state index >= 15 is 0 Å². The van der Waals surface area contributed by atoms with Crippen LogP contribution >= 0.6 is 11.3 Å². The van der Waals surface area contributed by atoms with Gasteiger partial charge in [-0.25, -0.2) is 8.42 Å². The number of carbonyl (C=O) groups is 1. The zero-order chi connectivity index (χ0) is 19.7. The fraction of sp³-hybridized carbons (Fsp3) is 0.450. The normalized spacial score (nSPS) is 16.6. The van der Waals surface area contributed by atoms with Crippen LogP contribution in [0.25, 0.3) is 0 Å². The SMILES string of the molecule is CN(c1ccc(OCC(=O)N(CC2CC2)C2CC2)cc1)S(=O)(=O)c1cccs1. The lowest BCUT2D eigenvalue weighted by molar-refractivity contribution is -0.134. The molecule has 2 aliphatic rings. The van der Waals surface area contributed by atoms with Crippen molar-refractivity contribution in [3.8, 4) is 5.75 Å². The summed E-state index contributed by atoms with van der Waals surface area (Å²) >= 11 is 1.19. The van der Waals surface area contributed by atoms with Gasteiger partial charge in [-0.1, -0.05) is 6.07 Å². The van der Waals surface area contributed by atoms with E-state index in [2.05, 4.69) is 0 Å². The Morgan fingerprint density at radius 2 is 1.86 bits per heavy atom. The van der Waals surface area contributed by atoms with Crippen LogP contribution in [0.1, 0.15) is 25.7 Å². The van der Waals surface area contributed by atoms with Gasteiger partial charge < -0.3 is 9.64 Å². The van der Waals surface area contributed by atoms with Gasteiger partial charge in [0.2, 0.25) is 0 Å². The molecule has 0 saturated heterocycles. The van der Waals surface area contributed by atoms with Crippen LogP contribution in [0.2, 0.25) is 0 Å². The summed E-state index contributed by atoms with van der Waals surface area (Å²) < 4.78 is 32.4. The predicted molar refractivity (Wildman–Crippen MR) is 109 cm³/mol. The Morgan fingerprint density at radius 1 is 1.14 bits per heavy atom. The molecule has 4 rings (SSSR count). The molecule has 1 heterocycles. The van der Waals surface area contributed by atoms with E-state index in [-0.39, 0.29) is 12.5 Å². The number of hydrogen-bond acceptors (Lipinski definition) is 5. The van der Waals surface area contributed by atoms with E-state index in [0.717, 1.165) is 19.4 Å². The molecule has 2 aliphatic carbocycles. The fourth-order valence-electron chi connectivity index (χ4n) is 3.08. The van der Waals surface area contributed by atoms with Gasteiger partial charge in [0, 0.05) is 19.6 Å². The standard InChI is InChI=1S/C20H24N2O4S2/c1-21(28(24,25)20-3-2-12-27-20)16-8-10-18(11-9-16)26-14-19(23)22(17-6-7-17)13-15-4-5-15/h2-3,8-12,15,17H,4-7,13-14H2,1H3. The summed E-state index contributed by atoms with van der Waals surface area (Å²) in [6, 6.07) is 10.5. The summed E-state index contributed by atoms with van der Waals surface area (Å²) in [6.07, 6.45) is 4.64. The van der Waals surface area contributed by atoms with Crippen molar-refractivity contribution in [2.45, 2.75) is 35.9 Å². The van der Waals surface area contributed by atoms with Crippen molar-refractivity contribution in [2.75, 3.05) is 24.5 Å². The van der Waals surface area contributed by atoms with Crippen molar-refractivity contribution in [3.05, 3.63) is 41.8 Å². The Hall–Kier alpha value is -2.06. The molecule has 2 aromatic rings. The lowest BCUT2D eigenvalue weighted by Gasteiger charge is -2.22. The van der Waals surface area contributed by atoms with E-state index in [1.54, 1.807) is 41.8 Å². The summed E-state index contributed by atoms with van der Waals surface area (Å²) in [5.74, 6) is 1.27. The maximum Gasteiger partial charge on any atom is 0.273 e. The maximum atomic E-state index is 12.6. The molecule has 0 aliphatic heterocycles. The zero-order valence-electron chi connectivity index (χ0n) is 15.8. The van der Waals surface area contributed by atoms with Gasteiger partial charge >= 0.3 is 0 Å². The van der Waals surface area contributed by atoms with Crippen LogP contribution in [0.4, 0.5) is 5.69 Å². The Bertz CT molecular complexity index is 918. The smallest absolute Gasteiger partial charge is 0.273 e. The molecule has 2 fully saturated rings. The van der Waals surface area contributed by atoms with Gasteiger partial charge in [0.15, 0.2) is 6.61 Å². The molecular formula is C20H24N2O4S2. The quantitative estimate of drug-likeness (QED) is 0.624. The number of anilines is 1. The predicted octanol–water partition coefficient (Wildman–Crippen LogP) is 3.35. The molecule has 2 saturated carbocycles. The summed E-state index contributed by atoms with van der Waals surface area (Å²) in [6.45, 7) is 0.878. The first kappa shape index (κ1) is 19.3. The third-order valence-corrected chi connectivity index (χ3v) is 8.29. The Morgan fingerprint density at radius 3 is 2.43 bits per heavy atom. The van der Waals surface area contributed by atoms with Crippen molar-refractivity contribution in [3.63, 3.8) is 0 Å². The molecule has 0 bridgehead atoms. The lowest BCUT2D eigenvalue weighted by atomic mass is 10.3. The number of hydrogen-bond donors (Lipinski definition) is 0. The molecule has 0 unspecified atom stereocenters. The van der Waals surface area contributed by atoms with Gasteiger partial charge in [0.05, 0.1) is 5.69 Å². The summed E-state index contributed by atoms with van der Waals surface area (Å²) in [5.41, 5.74) is 0.542. The highest BCUT2D eigenvalue weighted by molar-refractivity contribution is 7.94. The minimum Gasteiger partial charge on any atom is -0.484 e. The Labute approximate surface area is 169 Å². The van der Waals surface area contributed by atoms with E-state index in [1.807, 2.05) is 4.90 Å². The number of thiophene rings is 1. The molecule has 6 nitrogen and oxygen atoms in total. The van der Waals surface area contributed by atoms with Gasteiger partial charge in [0.1, 0.15) is 9.96 Å². The van der Waals surface area contributed by atoms with E-state index in [9.17, 15) is 13.2 Å². The average Bonchev–Trinajstić information content (AvgIpc) is 3.63. The summed E-state index contributed by atoms with van der Waals surface area (Å²) in [5, 5.41) is 1.74. The minimum atomic E-state index is -3.56. The van der Waals surface area contributed by atoms with Crippen molar-refractivity contribution >= 4 is 33.0 Å². The summed E-state index contributed by atoms with van der Waals surface area (Å²) in [7, 11) is -2.03. The van der Waals surface area contributed by atoms with Crippen LogP contribution in [0.3, 0.4) is 0 Å². The molecule has 1 aromatic carbocycles. The lowest BCUT2D eigenvalue weighted by Crippen LogP contribution is -2.38. The number of carbonyl (C=O) groups excluding carboxylic acids is 1. The Kier molecular flexibility index (Phi) is 5.33. The first-order valence-corrected chi connectivity index (χ1v) is 11.8.